The molecule has 1 aliphatic rings. The molecular formula is C23H34F4O. The smallest absolute Gasteiger partial charge is 0.428 e. The molecular weight excluding hydrogens is 368 g/mol. The second kappa shape index (κ2) is 11.7. The van der Waals surface area contributed by atoms with Crippen LogP contribution in [0.4, 0.5) is 17.6 Å². The van der Waals surface area contributed by atoms with Crippen molar-refractivity contribution < 1.29 is 22.3 Å². The Balaban J connectivity index is 1.64. The monoisotopic (exact) mass is 402 g/mol. The van der Waals surface area contributed by atoms with Gasteiger partial charge in [-0.15, -0.1) is 0 Å². The fraction of sp³-hybridized carbons (Fsp3) is 0.739. The van der Waals surface area contributed by atoms with Gasteiger partial charge >= 0.3 is 12.5 Å². The molecule has 0 atom stereocenters. The Hall–Kier alpha value is -1.26. The van der Waals surface area contributed by atoms with Gasteiger partial charge in [0, 0.05) is 0 Å². The number of ether oxygens (including phenoxy) is 1. The van der Waals surface area contributed by atoms with Crippen LogP contribution in [-0.2, 0) is 6.42 Å². The number of hydrogen-bond donors (Lipinski definition) is 0. The Morgan fingerprint density at radius 3 is 2.04 bits per heavy atom. The van der Waals surface area contributed by atoms with Crippen LogP contribution in [0.1, 0.15) is 83.1 Å². The zero-order chi connectivity index (χ0) is 20.4. The van der Waals surface area contributed by atoms with Crippen molar-refractivity contribution in [2.24, 2.45) is 11.8 Å². The van der Waals surface area contributed by atoms with Crippen molar-refractivity contribution in [1.82, 2.24) is 0 Å². The second-order valence-electron chi connectivity index (χ2n) is 8.24. The van der Waals surface area contributed by atoms with Gasteiger partial charge in [-0.2, -0.15) is 17.6 Å². The highest BCUT2D eigenvalue weighted by Gasteiger charge is 2.43. The molecule has 0 saturated heterocycles. The Kier molecular flexibility index (Phi) is 9.60. The van der Waals surface area contributed by atoms with Crippen LogP contribution in [0.5, 0.6) is 5.75 Å². The van der Waals surface area contributed by atoms with Gasteiger partial charge in [-0.1, -0.05) is 83.3 Å². The zero-order valence-corrected chi connectivity index (χ0v) is 16.9. The van der Waals surface area contributed by atoms with Crippen molar-refractivity contribution in [3.8, 4) is 5.75 Å². The van der Waals surface area contributed by atoms with Gasteiger partial charge in [-0.05, 0) is 42.4 Å². The summed E-state index contributed by atoms with van der Waals surface area (Å²) in [7, 11) is 0. The maximum atomic E-state index is 12.9. The molecule has 2 rings (SSSR count). The minimum Gasteiger partial charge on any atom is -0.428 e. The molecule has 28 heavy (non-hydrogen) atoms. The first-order valence-electron chi connectivity index (χ1n) is 10.8. The van der Waals surface area contributed by atoms with E-state index in [0.29, 0.717) is 0 Å². The Morgan fingerprint density at radius 2 is 1.46 bits per heavy atom. The Morgan fingerprint density at radius 1 is 0.893 bits per heavy atom. The van der Waals surface area contributed by atoms with Crippen molar-refractivity contribution in [2.75, 3.05) is 0 Å². The molecule has 1 aromatic rings. The van der Waals surface area contributed by atoms with Gasteiger partial charge in [0.25, 0.3) is 0 Å². The van der Waals surface area contributed by atoms with E-state index in [2.05, 4.69) is 11.7 Å². The largest absolute Gasteiger partial charge is 0.461 e. The molecule has 0 bridgehead atoms. The second-order valence-corrected chi connectivity index (χ2v) is 8.24. The summed E-state index contributed by atoms with van der Waals surface area (Å²) in [4.78, 5) is 0. The van der Waals surface area contributed by atoms with E-state index in [4.69, 9.17) is 0 Å². The summed E-state index contributed by atoms with van der Waals surface area (Å²) in [6.45, 7) is 2.25. The summed E-state index contributed by atoms with van der Waals surface area (Å²) < 4.78 is 54.3. The van der Waals surface area contributed by atoms with Gasteiger partial charge in [-0.25, -0.2) is 0 Å². The highest BCUT2D eigenvalue weighted by Crippen LogP contribution is 2.34. The third-order valence-corrected chi connectivity index (χ3v) is 5.95. The van der Waals surface area contributed by atoms with Crippen molar-refractivity contribution in [3.63, 3.8) is 0 Å². The quantitative estimate of drug-likeness (QED) is 0.254. The van der Waals surface area contributed by atoms with Gasteiger partial charge in [0.05, 0.1) is 0 Å². The number of rotatable bonds is 12. The van der Waals surface area contributed by atoms with E-state index in [0.717, 1.165) is 30.2 Å². The number of unbranched alkanes of at least 4 members (excludes halogenated alkanes) is 4. The number of alkyl halides is 4. The third kappa shape index (κ3) is 8.00. The van der Waals surface area contributed by atoms with Crippen molar-refractivity contribution in [3.05, 3.63) is 29.8 Å². The minimum atomic E-state index is -4.45. The number of benzene rings is 1. The van der Waals surface area contributed by atoms with Gasteiger partial charge < -0.3 is 4.74 Å². The van der Waals surface area contributed by atoms with Crippen molar-refractivity contribution >= 4 is 0 Å². The molecule has 1 nitrogen and oxygen atoms in total. The molecule has 0 unspecified atom stereocenters. The van der Waals surface area contributed by atoms with Crippen LogP contribution in [-0.4, -0.2) is 12.5 Å². The van der Waals surface area contributed by atoms with Gasteiger partial charge in [-0.3, -0.25) is 0 Å². The summed E-state index contributed by atoms with van der Waals surface area (Å²) in [6.07, 6.45) is 7.05. The Labute approximate surface area is 166 Å². The zero-order valence-electron chi connectivity index (χ0n) is 16.9. The van der Waals surface area contributed by atoms with E-state index in [-0.39, 0.29) is 5.75 Å². The summed E-state index contributed by atoms with van der Waals surface area (Å²) in [6, 6.07) is 6.08. The molecule has 160 valence electrons. The lowest BCUT2D eigenvalue weighted by Gasteiger charge is -2.28. The Bertz CT molecular complexity index is 536. The number of hydrogen-bond acceptors (Lipinski definition) is 1. The van der Waals surface area contributed by atoms with Crippen LogP contribution >= 0.6 is 0 Å². The van der Waals surface area contributed by atoms with E-state index in [9.17, 15) is 17.6 Å². The van der Waals surface area contributed by atoms with Crippen LogP contribution in [0.25, 0.3) is 0 Å². The molecule has 0 radical (unpaired) electrons. The summed E-state index contributed by atoms with van der Waals surface area (Å²) in [5.74, 6) is 1.40. The maximum absolute atomic E-state index is 12.9. The molecule has 1 saturated carbocycles. The first-order valence-corrected chi connectivity index (χ1v) is 10.8. The predicted octanol–water partition coefficient (Wildman–Crippen LogP) is 8.02. The van der Waals surface area contributed by atoms with Crippen LogP contribution in [0.15, 0.2) is 24.3 Å². The predicted molar refractivity (Wildman–Crippen MR) is 105 cm³/mol. The van der Waals surface area contributed by atoms with E-state index in [1.165, 1.54) is 76.3 Å². The lowest BCUT2D eigenvalue weighted by atomic mass is 9.78. The third-order valence-electron chi connectivity index (χ3n) is 5.95. The van der Waals surface area contributed by atoms with Crippen LogP contribution in [0.2, 0.25) is 0 Å². The standard InChI is InChI=1S/C23H34F4O/c1-2-3-4-5-6-7-18-8-10-19(11-9-18)12-13-20-14-16-21(17-15-20)28-23(26,27)22(24)25/h14-19,22H,2-13H2,1H3. The van der Waals surface area contributed by atoms with Gasteiger partial charge in [0.15, 0.2) is 0 Å². The summed E-state index contributed by atoms with van der Waals surface area (Å²) in [5.41, 5.74) is 1.03. The average Bonchev–Trinajstić information content (AvgIpc) is 2.68. The lowest BCUT2D eigenvalue weighted by Crippen LogP contribution is -2.33. The molecule has 1 aliphatic carbocycles. The average molecular weight is 403 g/mol. The van der Waals surface area contributed by atoms with Gasteiger partial charge in [0.2, 0.25) is 0 Å². The first-order chi connectivity index (χ1) is 13.4. The molecule has 0 aromatic heterocycles. The SMILES string of the molecule is CCCCCCCC1CCC(CCc2ccc(OC(F)(F)C(F)F)cc2)CC1. The minimum absolute atomic E-state index is 0.228. The molecule has 1 fully saturated rings. The normalized spacial score (nSPS) is 20.5. The van der Waals surface area contributed by atoms with Gasteiger partial charge in [0.1, 0.15) is 5.75 Å². The van der Waals surface area contributed by atoms with Crippen molar-refractivity contribution in [1.29, 1.82) is 0 Å². The molecule has 0 heterocycles. The fourth-order valence-electron chi connectivity index (χ4n) is 4.14. The molecule has 0 aliphatic heterocycles. The van der Waals surface area contributed by atoms with E-state index in [1.807, 2.05) is 0 Å². The van der Waals surface area contributed by atoms with E-state index in [1.54, 1.807) is 12.1 Å². The lowest BCUT2D eigenvalue weighted by molar-refractivity contribution is -0.253. The van der Waals surface area contributed by atoms with Crippen LogP contribution in [0.3, 0.4) is 0 Å². The maximum Gasteiger partial charge on any atom is 0.461 e. The van der Waals surface area contributed by atoms with Crippen LogP contribution < -0.4 is 4.74 Å². The summed E-state index contributed by atoms with van der Waals surface area (Å²) in [5, 5.41) is 0. The molecule has 5 heteroatoms. The molecule has 0 spiro atoms. The highest BCUT2D eigenvalue weighted by atomic mass is 19.3. The molecule has 0 N–H and O–H groups in total. The highest BCUT2D eigenvalue weighted by molar-refractivity contribution is 5.27. The number of halogens is 4. The topological polar surface area (TPSA) is 9.23 Å². The molecule has 1 aromatic carbocycles. The molecule has 0 amide bonds. The first kappa shape index (κ1) is 23.0. The summed E-state index contributed by atoms with van der Waals surface area (Å²) >= 11 is 0. The van der Waals surface area contributed by atoms with Crippen LogP contribution in [0, 0.1) is 11.8 Å². The number of aryl methyl sites for hydroxylation is 1. The van der Waals surface area contributed by atoms with E-state index >= 15 is 0 Å². The van der Waals surface area contributed by atoms with E-state index < -0.39 is 12.5 Å². The van der Waals surface area contributed by atoms with Crippen molar-refractivity contribution in [2.45, 2.75) is 96.5 Å². The fourth-order valence-corrected chi connectivity index (χ4v) is 4.14.